The van der Waals surface area contributed by atoms with Crippen LogP contribution in [-0.2, 0) is 28.7 Å². The van der Waals surface area contributed by atoms with Gasteiger partial charge in [-0.3, -0.25) is 9.59 Å². The lowest BCUT2D eigenvalue weighted by Gasteiger charge is -2.31. The van der Waals surface area contributed by atoms with Crippen molar-refractivity contribution in [3.8, 4) is 0 Å². The van der Waals surface area contributed by atoms with Crippen molar-refractivity contribution in [3.63, 3.8) is 0 Å². The molecule has 1 amide bonds. The molecule has 1 atom stereocenters. The van der Waals surface area contributed by atoms with E-state index in [9.17, 15) is 22.8 Å². The first-order chi connectivity index (χ1) is 15.7. The molecule has 1 aromatic heterocycles. The molecule has 1 aliphatic heterocycles. The van der Waals surface area contributed by atoms with Crippen molar-refractivity contribution >= 4 is 16.9 Å². The van der Waals surface area contributed by atoms with E-state index >= 15 is 0 Å². The number of ether oxygens (including phenoxy) is 1. The molecule has 174 valence electrons. The zero-order valence-electron chi connectivity index (χ0n) is 18.1. The number of carbonyl (C=O) groups excluding carboxylic acids is 1. The summed E-state index contributed by atoms with van der Waals surface area (Å²) >= 11 is 0. The van der Waals surface area contributed by atoms with E-state index in [2.05, 4.69) is 4.98 Å². The van der Waals surface area contributed by atoms with Gasteiger partial charge >= 0.3 is 6.18 Å². The van der Waals surface area contributed by atoms with Gasteiger partial charge in [-0.2, -0.15) is 13.2 Å². The van der Waals surface area contributed by atoms with Crippen molar-refractivity contribution in [3.05, 3.63) is 75.7 Å². The fourth-order valence-corrected chi connectivity index (χ4v) is 3.99. The van der Waals surface area contributed by atoms with Gasteiger partial charge in [-0.25, -0.2) is 4.98 Å². The molecule has 6 nitrogen and oxygen atoms in total. The van der Waals surface area contributed by atoms with Gasteiger partial charge in [0.15, 0.2) is 0 Å². The Bertz CT molecular complexity index is 1210. The van der Waals surface area contributed by atoms with Crippen LogP contribution in [0, 0.1) is 0 Å². The Morgan fingerprint density at radius 1 is 1.18 bits per heavy atom. The lowest BCUT2D eigenvalue weighted by Crippen LogP contribution is -2.44. The molecule has 0 bridgehead atoms. The van der Waals surface area contributed by atoms with E-state index in [0.717, 1.165) is 17.7 Å². The van der Waals surface area contributed by atoms with Gasteiger partial charge in [0.25, 0.3) is 5.56 Å². The average molecular weight is 459 g/mol. The monoisotopic (exact) mass is 459 g/mol. The van der Waals surface area contributed by atoms with Crippen LogP contribution in [0.4, 0.5) is 13.2 Å². The highest BCUT2D eigenvalue weighted by molar-refractivity contribution is 5.77. The van der Waals surface area contributed by atoms with Gasteiger partial charge in [-0.1, -0.05) is 30.3 Å². The number of hydrogen-bond acceptors (Lipinski definition) is 4. The Hall–Kier alpha value is -3.20. The summed E-state index contributed by atoms with van der Waals surface area (Å²) in [6.45, 7) is 3.46. The number of carbonyl (C=O) groups is 1. The first-order valence-corrected chi connectivity index (χ1v) is 10.8. The first kappa shape index (κ1) is 23.0. The highest BCUT2D eigenvalue weighted by Crippen LogP contribution is 2.31. The third-order valence-corrected chi connectivity index (χ3v) is 5.69. The molecule has 33 heavy (non-hydrogen) atoms. The van der Waals surface area contributed by atoms with Gasteiger partial charge in [0.1, 0.15) is 5.69 Å². The van der Waals surface area contributed by atoms with Gasteiger partial charge in [-0.15, -0.1) is 0 Å². The highest BCUT2D eigenvalue weighted by Gasteiger charge is 2.31. The molecule has 4 rings (SSSR count). The second-order valence-corrected chi connectivity index (χ2v) is 8.16. The minimum absolute atomic E-state index is 0.0460. The summed E-state index contributed by atoms with van der Waals surface area (Å²) < 4.78 is 46.7. The van der Waals surface area contributed by atoms with Crippen LogP contribution in [0.5, 0.6) is 0 Å². The summed E-state index contributed by atoms with van der Waals surface area (Å²) in [4.78, 5) is 31.8. The maximum Gasteiger partial charge on any atom is 0.416 e. The molecule has 3 aromatic rings. The third-order valence-electron chi connectivity index (χ3n) is 5.69. The van der Waals surface area contributed by atoms with E-state index < -0.39 is 17.3 Å². The molecule has 2 aromatic carbocycles. The number of fused-ring (bicyclic) bond motifs is 1. The number of nitrogens with zero attached hydrogens (tertiary/aromatic N) is 3. The molecular weight excluding hydrogens is 435 g/mol. The predicted molar refractivity (Wildman–Crippen MR) is 117 cm³/mol. The second-order valence-electron chi connectivity index (χ2n) is 8.16. The molecule has 1 aliphatic rings. The number of morpholine rings is 1. The predicted octanol–water partition coefficient (Wildman–Crippen LogP) is 3.64. The SMILES string of the molecule is C[C@H]1CN(C(=O)CCc2nc3cc(C(F)(F)F)ccc3n(Cc3ccccc3)c2=O)CCO1. The van der Waals surface area contributed by atoms with Crippen molar-refractivity contribution in [2.75, 3.05) is 19.7 Å². The van der Waals surface area contributed by atoms with Crippen LogP contribution >= 0.6 is 0 Å². The van der Waals surface area contributed by atoms with Crippen LogP contribution in [0.2, 0.25) is 0 Å². The molecule has 9 heteroatoms. The molecule has 0 spiro atoms. The molecule has 0 saturated carbocycles. The van der Waals surface area contributed by atoms with Gasteiger partial charge in [0.05, 0.1) is 35.9 Å². The quantitative estimate of drug-likeness (QED) is 0.585. The number of aryl methyl sites for hydroxylation is 1. The van der Waals surface area contributed by atoms with Crippen LogP contribution in [0.25, 0.3) is 11.0 Å². The molecule has 0 N–H and O–H groups in total. The summed E-state index contributed by atoms with van der Waals surface area (Å²) in [5.74, 6) is -0.134. The van der Waals surface area contributed by atoms with E-state index in [1.54, 1.807) is 4.90 Å². The highest BCUT2D eigenvalue weighted by atomic mass is 19.4. The molecule has 0 aliphatic carbocycles. The third kappa shape index (κ3) is 5.24. The maximum atomic E-state index is 13.3. The summed E-state index contributed by atoms with van der Waals surface area (Å²) in [5, 5.41) is 0. The molecule has 0 unspecified atom stereocenters. The Balaban J connectivity index is 1.69. The van der Waals surface area contributed by atoms with Crippen molar-refractivity contribution < 1.29 is 22.7 Å². The fraction of sp³-hybridized carbons (Fsp3) is 0.375. The minimum Gasteiger partial charge on any atom is -0.375 e. The summed E-state index contributed by atoms with van der Waals surface area (Å²) in [6.07, 6.45) is -4.50. The topological polar surface area (TPSA) is 64.4 Å². The molecule has 2 heterocycles. The van der Waals surface area contributed by atoms with Crippen molar-refractivity contribution in [2.45, 2.75) is 38.6 Å². The van der Waals surface area contributed by atoms with Gasteiger partial charge in [0.2, 0.25) is 5.91 Å². The smallest absolute Gasteiger partial charge is 0.375 e. The molecule has 0 radical (unpaired) electrons. The average Bonchev–Trinajstić information content (AvgIpc) is 2.79. The van der Waals surface area contributed by atoms with Crippen LogP contribution < -0.4 is 5.56 Å². The Labute approximate surface area is 188 Å². The van der Waals surface area contributed by atoms with E-state index in [1.165, 1.54) is 10.6 Å². The van der Waals surface area contributed by atoms with Crippen molar-refractivity contribution in [1.29, 1.82) is 0 Å². The zero-order chi connectivity index (χ0) is 23.6. The number of hydrogen-bond donors (Lipinski definition) is 0. The molecule has 1 saturated heterocycles. The fourth-order valence-electron chi connectivity index (χ4n) is 3.99. The Morgan fingerprint density at radius 2 is 1.94 bits per heavy atom. The number of benzene rings is 2. The second kappa shape index (κ2) is 9.35. The van der Waals surface area contributed by atoms with Gasteiger partial charge in [-0.05, 0) is 30.7 Å². The molecule has 1 fully saturated rings. The van der Waals surface area contributed by atoms with E-state index in [-0.39, 0.29) is 42.6 Å². The minimum atomic E-state index is -4.53. The number of alkyl halides is 3. The number of amides is 1. The van der Waals surface area contributed by atoms with Crippen LogP contribution in [0.15, 0.2) is 53.3 Å². The number of aromatic nitrogens is 2. The van der Waals surface area contributed by atoms with E-state index in [1.807, 2.05) is 37.3 Å². The van der Waals surface area contributed by atoms with Gasteiger partial charge < -0.3 is 14.2 Å². The lowest BCUT2D eigenvalue weighted by atomic mass is 10.1. The Kier molecular flexibility index (Phi) is 6.51. The largest absolute Gasteiger partial charge is 0.416 e. The number of rotatable bonds is 5. The van der Waals surface area contributed by atoms with E-state index in [0.29, 0.717) is 25.2 Å². The van der Waals surface area contributed by atoms with Crippen LogP contribution in [0.1, 0.15) is 30.2 Å². The standard InChI is InChI=1S/C24H24F3N3O3/c1-16-14-29(11-12-33-16)22(31)10-8-19-23(32)30(15-17-5-3-2-4-6-17)21-9-7-18(24(25,26)27)13-20(21)28-19/h2-7,9,13,16H,8,10-12,14-15H2,1H3/t16-/m0/s1. The first-order valence-electron chi connectivity index (χ1n) is 10.8. The van der Waals surface area contributed by atoms with Crippen LogP contribution in [0.3, 0.4) is 0 Å². The molecular formula is C24H24F3N3O3. The normalized spacial score (nSPS) is 16.8. The summed E-state index contributed by atoms with van der Waals surface area (Å²) in [5.41, 5.74) is 0.0477. The van der Waals surface area contributed by atoms with Crippen LogP contribution in [-0.4, -0.2) is 46.2 Å². The summed E-state index contributed by atoms with van der Waals surface area (Å²) in [7, 11) is 0. The van der Waals surface area contributed by atoms with Crippen molar-refractivity contribution in [1.82, 2.24) is 14.5 Å². The maximum absolute atomic E-state index is 13.3. The lowest BCUT2D eigenvalue weighted by molar-refractivity contribution is -0.138. The zero-order valence-corrected chi connectivity index (χ0v) is 18.1. The van der Waals surface area contributed by atoms with Crippen molar-refractivity contribution in [2.24, 2.45) is 0 Å². The van der Waals surface area contributed by atoms with Gasteiger partial charge in [0, 0.05) is 25.9 Å². The number of halogens is 3. The van der Waals surface area contributed by atoms with E-state index in [4.69, 9.17) is 4.74 Å². The Morgan fingerprint density at radius 3 is 2.64 bits per heavy atom. The summed E-state index contributed by atoms with van der Waals surface area (Å²) in [6, 6.07) is 12.4.